The third kappa shape index (κ3) is 3.19. The predicted octanol–water partition coefficient (Wildman–Crippen LogP) is 4.51. The molecule has 1 aliphatic rings. The fraction of sp³-hybridized carbons (Fsp3) is 0.364. The molecule has 1 aromatic heterocycles. The molecular formula is C22H26N4O2. The number of hydrogen-bond donors (Lipinski definition) is 2. The van der Waals surface area contributed by atoms with E-state index in [-0.39, 0.29) is 5.84 Å². The first-order chi connectivity index (χ1) is 13.6. The molecule has 1 heterocycles. The summed E-state index contributed by atoms with van der Waals surface area (Å²) >= 11 is 0. The molecule has 2 aromatic carbocycles. The summed E-state index contributed by atoms with van der Waals surface area (Å²) in [6, 6.07) is 12.1. The Morgan fingerprint density at radius 3 is 2.54 bits per heavy atom. The van der Waals surface area contributed by atoms with Crippen molar-refractivity contribution in [3.8, 4) is 22.9 Å². The van der Waals surface area contributed by atoms with Crippen LogP contribution in [0.2, 0.25) is 0 Å². The first-order valence-corrected chi connectivity index (χ1v) is 9.71. The molecule has 1 fully saturated rings. The number of nitrogens with zero attached hydrogens (tertiary/aromatic N) is 2. The van der Waals surface area contributed by atoms with Gasteiger partial charge in [-0.25, -0.2) is 4.98 Å². The highest BCUT2D eigenvalue weighted by atomic mass is 16.5. The Hall–Kier alpha value is -3.02. The van der Waals surface area contributed by atoms with Crippen LogP contribution in [0.5, 0.6) is 11.5 Å². The number of nitrogen functional groups attached to an aromatic ring is 1. The number of nitrogens with one attached hydrogen (secondary N) is 1. The van der Waals surface area contributed by atoms with E-state index in [0.29, 0.717) is 11.6 Å². The van der Waals surface area contributed by atoms with Gasteiger partial charge in [-0.05, 0) is 43.2 Å². The van der Waals surface area contributed by atoms with Gasteiger partial charge in [0.15, 0.2) is 0 Å². The van der Waals surface area contributed by atoms with E-state index in [9.17, 15) is 0 Å². The molecule has 1 aliphatic carbocycles. The molecule has 6 heteroatoms. The van der Waals surface area contributed by atoms with Gasteiger partial charge in [0.2, 0.25) is 0 Å². The van der Waals surface area contributed by atoms with Crippen molar-refractivity contribution in [2.45, 2.75) is 38.1 Å². The minimum absolute atomic E-state index is 0.0534. The molecule has 3 aromatic rings. The monoisotopic (exact) mass is 378 g/mol. The van der Waals surface area contributed by atoms with Gasteiger partial charge < -0.3 is 19.8 Å². The fourth-order valence-corrected chi connectivity index (χ4v) is 4.15. The number of benzene rings is 2. The molecule has 0 unspecified atom stereocenters. The van der Waals surface area contributed by atoms with Crippen LogP contribution in [0.3, 0.4) is 0 Å². The van der Waals surface area contributed by atoms with Crippen molar-refractivity contribution in [3.05, 3.63) is 42.0 Å². The minimum atomic E-state index is 0.0534. The van der Waals surface area contributed by atoms with Crippen molar-refractivity contribution in [3.63, 3.8) is 0 Å². The number of hydrogen-bond acceptors (Lipinski definition) is 4. The lowest BCUT2D eigenvalue weighted by atomic mass is 9.94. The summed E-state index contributed by atoms with van der Waals surface area (Å²) in [5, 5.41) is 7.75. The van der Waals surface area contributed by atoms with Crippen LogP contribution in [0.25, 0.3) is 22.4 Å². The number of rotatable bonds is 5. The highest BCUT2D eigenvalue weighted by Gasteiger charge is 2.24. The second-order valence-electron chi connectivity index (χ2n) is 7.28. The van der Waals surface area contributed by atoms with Crippen LogP contribution in [0.1, 0.15) is 43.7 Å². The molecule has 0 radical (unpaired) electrons. The SMILES string of the molecule is COc1ccc(-c2nc3cc(C(=N)N)ccc3n2C2CCCCC2)c(OC)c1. The second kappa shape index (κ2) is 7.54. The maximum absolute atomic E-state index is 7.75. The molecule has 0 aliphatic heterocycles. The number of ether oxygens (including phenoxy) is 2. The lowest BCUT2D eigenvalue weighted by molar-refractivity contribution is 0.361. The molecule has 3 N–H and O–H groups in total. The summed E-state index contributed by atoms with van der Waals surface area (Å²) < 4.78 is 13.4. The van der Waals surface area contributed by atoms with Gasteiger partial charge in [-0.1, -0.05) is 19.3 Å². The van der Waals surface area contributed by atoms with Crippen LogP contribution < -0.4 is 15.2 Å². The third-order valence-corrected chi connectivity index (χ3v) is 5.59. The van der Waals surface area contributed by atoms with E-state index in [1.165, 1.54) is 19.3 Å². The molecule has 0 spiro atoms. The van der Waals surface area contributed by atoms with E-state index in [1.54, 1.807) is 14.2 Å². The van der Waals surface area contributed by atoms with Gasteiger partial charge in [0.05, 0.1) is 30.8 Å². The van der Waals surface area contributed by atoms with Gasteiger partial charge in [-0.3, -0.25) is 5.41 Å². The second-order valence-corrected chi connectivity index (χ2v) is 7.28. The van der Waals surface area contributed by atoms with E-state index in [4.69, 9.17) is 25.6 Å². The van der Waals surface area contributed by atoms with Gasteiger partial charge in [-0.2, -0.15) is 0 Å². The number of aromatic nitrogens is 2. The summed E-state index contributed by atoms with van der Waals surface area (Å²) in [4.78, 5) is 4.96. The Morgan fingerprint density at radius 1 is 1.07 bits per heavy atom. The molecule has 28 heavy (non-hydrogen) atoms. The molecule has 0 bridgehead atoms. The largest absolute Gasteiger partial charge is 0.497 e. The molecule has 0 atom stereocenters. The molecule has 146 valence electrons. The molecule has 4 rings (SSSR count). The summed E-state index contributed by atoms with van der Waals surface area (Å²) in [6.45, 7) is 0. The van der Waals surface area contributed by atoms with E-state index in [0.717, 1.165) is 46.8 Å². The van der Waals surface area contributed by atoms with Crippen molar-refractivity contribution >= 4 is 16.9 Å². The minimum Gasteiger partial charge on any atom is -0.497 e. The zero-order valence-corrected chi connectivity index (χ0v) is 16.4. The number of imidazole rings is 1. The van der Waals surface area contributed by atoms with E-state index in [1.807, 2.05) is 36.4 Å². The summed E-state index contributed by atoms with van der Waals surface area (Å²) in [5.74, 6) is 2.43. The average molecular weight is 378 g/mol. The zero-order chi connectivity index (χ0) is 19.7. The Labute approximate surface area is 164 Å². The summed E-state index contributed by atoms with van der Waals surface area (Å²) in [6.07, 6.45) is 6.04. The third-order valence-electron chi connectivity index (χ3n) is 5.59. The first-order valence-electron chi connectivity index (χ1n) is 9.71. The summed E-state index contributed by atoms with van der Waals surface area (Å²) in [7, 11) is 3.31. The van der Waals surface area contributed by atoms with E-state index in [2.05, 4.69) is 4.57 Å². The van der Waals surface area contributed by atoms with Gasteiger partial charge in [0.1, 0.15) is 23.2 Å². The van der Waals surface area contributed by atoms with Crippen LogP contribution in [0.4, 0.5) is 0 Å². The summed E-state index contributed by atoms with van der Waals surface area (Å²) in [5.41, 5.74) is 9.25. The standard InChI is InChI=1S/C22H26N4O2/c1-27-16-9-10-17(20(13-16)28-2)22-25-18-12-14(21(23)24)8-11-19(18)26(22)15-6-4-3-5-7-15/h8-13,15H,3-7H2,1-2H3,(H3,23,24). The van der Waals surface area contributed by atoms with Crippen molar-refractivity contribution in [1.82, 2.24) is 9.55 Å². The van der Waals surface area contributed by atoms with Crippen LogP contribution in [-0.2, 0) is 0 Å². The number of methoxy groups -OCH3 is 2. The van der Waals surface area contributed by atoms with E-state index < -0.39 is 0 Å². The highest BCUT2D eigenvalue weighted by Crippen LogP contribution is 2.39. The fourth-order valence-electron chi connectivity index (χ4n) is 4.15. The quantitative estimate of drug-likeness (QED) is 0.505. The maximum atomic E-state index is 7.75. The Bertz CT molecular complexity index is 1020. The maximum Gasteiger partial charge on any atom is 0.145 e. The smallest absolute Gasteiger partial charge is 0.145 e. The topological polar surface area (TPSA) is 86.1 Å². The predicted molar refractivity (Wildman–Crippen MR) is 111 cm³/mol. The van der Waals surface area contributed by atoms with Crippen molar-refractivity contribution in [2.24, 2.45) is 5.73 Å². The van der Waals surface area contributed by atoms with Crippen LogP contribution >= 0.6 is 0 Å². The van der Waals surface area contributed by atoms with Crippen LogP contribution in [-0.4, -0.2) is 29.6 Å². The Kier molecular flexibility index (Phi) is 4.94. The van der Waals surface area contributed by atoms with Gasteiger partial charge in [0.25, 0.3) is 0 Å². The zero-order valence-electron chi connectivity index (χ0n) is 16.4. The van der Waals surface area contributed by atoms with Crippen LogP contribution in [0.15, 0.2) is 36.4 Å². The molecule has 0 saturated heterocycles. The van der Waals surface area contributed by atoms with Crippen molar-refractivity contribution < 1.29 is 9.47 Å². The van der Waals surface area contributed by atoms with Gasteiger partial charge in [0, 0.05) is 17.7 Å². The highest BCUT2D eigenvalue weighted by molar-refractivity contribution is 5.98. The number of amidine groups is 1. The first kappa shape index (κ1) is 18.3. The normalized spacial score (nSPS) is 14.9. The Balaban J connectivity index is 1.94. The van der Waals surface area contributed by atoms with Gasteiger partial charge >= 0.3 is 0 Å². The van der Waals surface area contributed by atoms with E-state index >= 15 is 0 Å². The molecule has 1 saturated carbocycles. The lowest BCUT2D eigenvalue weighted by Gasteiger charge is -2.26. The lowest BCUT2D eigenvalue weighted by Crippen LogP contribution is -2.14. The van der Waals surface area contributed by atoms with Crippen molar-refractivity contribution in [2.75, 3.05) is 14.2 Å². The number of fused-ring (bicyclic) bond motifs is 1. The molecule has 6 nitrogen and oxygen atoms in total. The molecule has 0 amide bonds. The Morgan fingerprint density at radius 2 is 1.86 bits per heavy atom. The number of nitrogens with two attached hydrogens (primary N) is 1. The van der Waals surface area contributed by atoms with Crippen molar-refractivity contribution in [1.29, 1.82) is 5.41 Å². The molecular weight excluding hydrogens is 352 g/mol. The van der Waals surface area contributed by atoms with Gasteiger partial charge in [-0.15, -0.1) is 0 Å². The van der Waals surface area contributed by atoms with Crippen LogP contribution in [0, 0.1) is 5.41 Å². The average Bonchev–Trinajstić information content (AvgIpc) is 3.12.